The molecule has 0 radical (unpaired) electrons. The van der Waals surface area contributed by atoms with Crippen molar-refractivity contribution in [1.82, 2.24) is 4.31 Å². The van der Waals surface area contributed by atoms with E-state index in [4.69, 9.17) is 11.1 Å². The Kier molecular flexibility index (Phi) is 3.84. The Morgan fingerprint density at radius 1 is 1.53 bits per heavy atom. The number of hydrogen-bond donors (Lipinski definition) is 2. The number of rotatable bonds is 4. The molecule has 0 aromatic heterocycles. The number of amidine groups is 1. The molecule has 1 aromatic rings. The molecule has 17 heavy (non-hydrogen) atoms. The van der Waals surface area contributed by atoms with Gasteiger partial charge in [-0.25, -0.2) is 12.8 Å². The minimum atomic E-state index is -3.81. The van der Waals surface area contributed by atoms with Crippen molar-refractivity contribution >= 4 is 15.9 Å². The van der Waals surface area contributed by atoms with E-state index in [9.17, 15) is 12.8 Å². The summed E-state index contributed by atoms with van der Waals surface area (Å²) in [6, 6.07) is 3.55. The largest absolute Gasteiger partial charge is 0.387 e. The van der Waals surface area contributed by atoms with Gasteiger partial charge in [0, 0.05) is 7.05 Å². The van der Waals surface area contributed by atoms with Gasteiger partial charge in [0.1, 0.15) is 11.7 Å². The van der Waals surface area contributed by atoms with Gasteiger partial charge in [-0.3, -0.25) is 5.41 Å². The Morgan fingerprint density at radius 2 is 2.12 bits per heavy atom. The van der Waals surface area contributed by atoms with Crippen molar-refractivity contribution in [3.63, 3.8) is 0 Å². The highest BCUT2D eigenvalue weighted by molar-refractivity contribution is 7.89. The van der Waals surface area contributed by atoms with Gasteiger partial charge in [-0.2, -0.15) is 4.31 Å². The monoisotopic (exact) mass is 259 g/mol. The fraction of sp³-hybridized carbons (Fsp3) is 0.300. The number of likely N-dealkylation sites (N-methyl/N-ethyl adjacent to an activating group) is 1. The molecule has 94 valence electrons. The molecule has 0 saturated heterocycles. The molecule has 0 bridgehead atoms. The lowest BCUT2D eigenvalue weighted by molar-refractivity contribution is 0.502. The molecule has 7 heteroatoms. The van der Waals surface area contributed by atoms with Crippen LogP contribution in [0.4, 0.5) is 4.39 Å². The van der Waals surface area contributed by atoms with E-state index in [2.05, 4.69) is 0 Å². The second kappa shape index (κ2) is 4.80. The molecule has 5 nitrogen and oxygen atoms in total. The van der Waals surface area contributed by atoms with Crippen LogP contribution >= 0.6 is 0 Å². The minimum absolute atomic E-state index is 0.110. The van der Waals surface area contributed by atoms with Crippen LogP contribution in [0.3, 0.4) is 0 Å². The second-order valence-electron chi connectivity index (χ2n) is 3.70. The van der Waals surface area contributed by atoms with Gasteiger partial charge < -0.3 is 5.73 Å². The number of halogens is 1. The summed E-state index contributed by atoms with van der Waals surface area (Å²) >= 11 is 0. The van der Waals surface area contributed by atoms with E-state index in [0.717, 1.165) is 10.4 Å². The molecule has 0 unspecified atom stereocenters. The topological polar surface area (TPSA) is 87.2 Å². The lowest BCUT2D eigenvalue weighted by atomic mass is 10.2. The van der Waals surface area contributed by atoms with Crippen LogP contribution in [0.5, 0.6) is 0 Å². The number of sulfonamides is 1. The molecule has 3 N–H and O–H groups in total. The number of nitrogens with zero attached hydrogens (tertiary/aromatic N) is 1. The van der Waals surface area contributed by atoms with Gasteiger partial charge >= 0.3 is 0 Å². The summed E-state index contributed by atoms with van der Waals surface area (Å²) in [7, 11) is -2.52. The maximum Gasteiger partial charge on any atom is 0.243 e. The van der Waals surface area contributed by atoms with Gasteiger partial charge in [-0.1, -0.05) is 6.07 Å². The molecule has 0 heterocycles. The maximum atomic E-state index is 13.1. The van der Waals surface area contributed by atoms with Crippen LogP contribution in [0.25, 0.3) is 0 Å². The van der Waals surface area contributed by atoms with Crippen molar-refractivity contribution in [2.24, 2.45) is 5.73 Å². The first-order valence-electron chi connectivity index (χ1n) is 4.80. The molecular formula is C10H14FN3O2S. The molecule has 0 fully saturated rings. The summed E-state index contributed by atoms with van der Waals surface area (Å²) < 4.78 is 38.1. The average molecular weight is 259 g/mol. The molecule has 0 aliphatic carbocycles. The maximum absolute atomic E-state index is 13.1. The molecule has 0 spiro atoms. The zero-order valence-electron chi connectivity index (χ0n) is 9.57. The lowest BCUT2D eigenvalue weighted by Crippen LogP contribution is -2.35. The number of hydrogen-bond acceptors (Lipinski definition) is 3. The third kappa shape index (κ3) is 3.01. The van der Waals surface area contributed by atoms with E-state index < -0.39 is 15.8 Å². The normalized spacial score (nSPS) is 11.8. The van der Waals surface area contributed by atoms with E-state index in [0.29, 0.717) is 5.56 Å². The predicted molar refractivity (Wildman–Crippen MR) is 62.9 cm³/mol. The van der Waals surface area contributed by atoms with Crippen LogP contribution in [0, 0.1) is 18.2 Å². The van der Waals surface area contributed by atoms with Crippen molar-refractivity contribution in [2.75, 3.05) is 13.6 Å². The fourth-order valence-corrected chi connectivity index (χ4v) is 2.73. The van der Waals surface area contributed by atoms with Gasteiger partial charge in [-0.05, 0) is 24.6 Å². The van der Waals surface area contributed by atoms with Crippen molar-refractivity contribution in [3.05, 3.63) is 29.6 Å². The third-order valence-electron chi connectivity index (χ3n) is 2.23. The standard InChI is InChI=1S/C10H14FN3O2S/c1-7-3-4-8(11)5-9(7)17(15,16)14(2)6-10(12)13/h3-5H,6H2,1-2H3,(H3,12,13). The van der Waals surface area contributed by atoms with Crippen LogP contribution in [0.1, 0.15) is 5.56 Å². The first-order valence-corrected chi connectivity index (χ1v) is 6.24. The molecular weight excluding hydrogens is 245 g/mol. The lowest BCUT2D eigenvalue weighted by Gasteiger charge is -2.17. The van der Waals surface area contributed by atoms with E-state index in [-0.39, 0.29) is 17.3 Å². The summed E-state index contributed by atoms with van der Waals surface area (Å²) in [5.41, 5.74) is 5.59. The highest BCUT2D eigenvalue weighted by Gasteiger charge is 2.23. The van der Waals surface area contributed by atoms with E-state index in [1.54, 1.807) is 6.92 Å². The Labute approximate surface area is 99.6 Å². The number of benzene rings is 1. The predicted octanol–water partition coefficient (Wildman–Crippen LogP) is 0.691. The minimum Gasteiger partial charge on any atom is -0.387 e. The first kappa shape index (κ1) is 13.6. The average Bonchev–Trinajstić information content (AvgIpc) is 2.20. The summed E-state index contributed by atoms with van der Waals surface area (Å²) in [6.07, 6.45) is 0. The number of aryl methyl sites for hydroxylation is 1. The quantitative estimate of drug-likeness (QED) is 0.616. The zero-order chi connectivity index (χ0) is 13.2. The Morgan fingerprint density at radius 3 is 2.65 bits per heavy atom. The van der Waals surface area contributed by atoms with Gasteiger partial charge in [0.25, 0.3) is 0 Å². The zero-order valence-corrected chi connectivity index (χ0v) is 10.4. The van der Waals surface area contributed by atoms with E-state index in [1.807, 2.05) is 0 Å². The van der Waals surface area contributed by atoms with Gasteiger partial charge in [-0.15, -0.1) is 0 Å². The van der Waals surface area contributed by atoms with Crippen LogP contribution in [-0.2, 0) is 10.0 Å². The molecule has 0 aliphatic heterocycles. The molecule has 0 atom stereocenters. The fourth-order valence-electron chi connectivity index (χ4n) is 1.34. The molecule has 1 rings (SSSR count). The third-order valence-corrected chi connectivity index (χ3v) is 4.18. The van der Waals surface area contributed by atoms with Crippen molar-refractivity contribution in [1.29, 1.82) is 5.41 Å². The smallest absolute Gasteiger partial charge is 0.243 e. The van der Waals surface area contributed by atoms with Crippen LogP contribution in [0.15, 0.2) is 23.1 Å². The van der Waals surface area contributed by atoms with Crippen molar-refractivity contribution in [2.45, 2.75) is 11.8 Å². The van der Waals surface area contributed by atoms with Crippen molar-refractivity contribution in [3.8, 4) is 0 Å². The number of nitrogens with two attached hydrogens (primary N) is 1. The Bertz CT molecular complexity index is 542. The Balaban J connectivity index is 3.21. The van der Waals surface area contributed by atoms with Gasteiger partial charge in [0.05, 0.1) is 11.4 Å². The summed E-state index contributed by atoms with van der Waals surface area (Å²) in [6.45, 7) is 1.35. The molecule has 0 aliphatic rings. The van der Waals surface area contributed by atoms with Crippen LogP contribution in [-0.4, -0.2) is 32.2 Å². The highest BCUT2D eigenvalue weighted by Crippen LogP contribution is 2.19. The Hall–Kier alpha value is -1.47. The van der Waals surface area contributed by atoms with Gasteiger partial charge in [0.15, 0.2) is 0 Å². The molecule has 1 aromatic carbocycles. The SMILES string of the molecule is Cc1ccc(F)cc1S(=O)(=O)N(C)CC(=N)N. The van der Waals surface area contributed by atoms with Crippen LogP contribution < -0.4 is 5.73 Å². The summed E-state index contributed by atoms with van der Waals surface area (Å²) in [5, 5.41) is 7.06. The summed E-state index contributed by atoms with van der Waals surface area (Å²) in [4.78, 5) is -0.110. The first-order chi connectivity index (χ1) is 7.75. The van der Waals surface area contributed by atoms with Crippen molar-refractivity contribution < 1.29 is 12.8 Å². The number of nitrogens with one attached hydrogen (secondary N) is 1. The highest BCUT2D eigenvalue weighted by atomic mass is 32.2. The van der Waals surface area contributed by atoms with Crippen LogP contribution in [0.2, 0.25) is 0 Å². The van der Waals surface area contributed by atoms with Gasteiger partial charge in [0.2, 0.25) is 10.0 Å². The van der Waals surface area contributed by atoms with E-state index >= 15 is 0 Å². The van der Waals surface area contributed by atoms with E-state index in [1.165, 1.54) is 19.2 Å². The molecule has 0 amide bonds. The molecule has 0 saturated carbocycles. The summed E-state index contributed by atoms with van der Waals surface area (Å²) in [5.74, 6) is -0.893. The second-order valence-corrected chi connectivity index (χ2v) is 5.71.